The van der Waals surface area contributed by atoms with Gasteiger partial charge in [-0.25, -0.2) is 14.4 Å². The van der Waals surface area contributed by atoms with Crippen LogP contribution in [0, 0.1) is 5.82 Å². The molecule has 0 amide bonds. The number of aryl methyl sites for hydroxylation is 1. The second-order valence-corrected chi connectivity index (χ2v) is 10.2. The molecule has 2 aromatic rings. The maximum atomic E-state index is 14.3. The summed E-state index contributed by atoms with van der Waals surface area (Å²) in [5.74, 6) is 0.926. The molecule has 2 fully saturated rings. The van der Waals surface area contributed by atoms with Crippen LogP contribution in [0.2, 0.25) is 5.02 Å². The molecule has 1 aliphatic carbocycles. The molecule has 0 bridgehead atoms. The van der Waals surface area contributed by atoms with Gasteiger partial charge in [-0.05, 0) is 62.9 Å². The highest BCUT2D eigenvalue weighted by molar-refractivity contribution is 6.30. The topological polar surface area (TPSA) is 55.7 Å². The van der Waals surface area contributed by atoms with E-state index in [1.807, 2.05) is 6.07 Å². The summed E-state index contributed by atoms with van der Waals surface area (Å²) in [5, 5.41) is 11.7. The maximum Gasteiger partial charge on any atom is 0.142 e. The molecule has 178 valence electrons. The zero-order valence-electron chi connectivity index (χ0n) is 19.4. The lowest BCUT2D eigenvalue weighted by Gasteiger charge is -2.43. The second-order valence-electron chi connectivity index (χ2n) is 9.82. The number of aliphatic hydroxyl groups excluding tert-OH is 1. The van der Waals surface area contributed by atoms with Crippen molar-refractivity contribution in [1.29, 1.82) is 0 Å². The number of aliphatic hydroxyl groups is 1. The van der Waals surface area contributed by atoms with Gasteiger partial charge in [-0.3, -0.25) is 4.90 Å². The summed E-state index contributed by atoms with van der Waals surface area (Å²) in [7, 11) is 2.10. The van der Waals surface area contributed by atoms with Gasteiger partial charge in [-0.2, -0.15) is 0 Å². The van der Waals surface area contributed by atoms with Crippen molar-refractivity contribution >= 4 is 17.4 Å². The Morgan fingerprint density at radius 3 is 2.61 bits per heavy atom. The molecule has 6 nitrogen and oxygen atoms in total. The van der Waals surface area contributed by atoms with E-state index in [1.165, 1.54) is 17.3 Å². The van der Waals surface area contributed by atoms with Gasteiger partial charge in [0.25, 0.3) is 0 Å². The van der Waals surface area contributed by atoms with Crippen LogP contribution >= 0.6 is 11.6 Å². The molecule has 8 heteroatoms. The summed E-state index contributed by atoms with van der Waals surface area (Å²) in [6, 6.07) is 5.15. The SMILES string of the molecule is C[C@@H]1CCc2ncnc(N3CCN(C(O)[C@@H](c4ccc(Cl)c(F)c4)[C@@H]4CCCN4C)CC3)c21. The second kappa shape index (κ2) is 9.45. The van der Waals surface area contributed by atoms with Crippen molar-refractivity contribution in [3.8, 4) is 0 Å². The van der Waals surface area contributed by atoms with Gasteiger partial charge in [-0.1, -0.05) is 24.6 Å². The molecule has 3 aliphatic rings. The monoisotopic (exact) mass is 473 g/mol. The lowest BCUT2D eigenvalue weighted by Crippen LogP contribution is -2.54. The molecule has 0 spiro atoms. The first kappa shape index (κ1) is 23.0. The lowest BCUT2D eigenvalue weighted by atomic mass is 9.87. The molecule has 0 radical (unpaired) electrons. The van der Waals surface area contributed by atoms with E-state index in [2.05, 4.69) is 38.6 Å². The summed E-state index contributed by atoms with van der Waals surface area (Å²) in [5.41, 5.74) is 3.30. The Bertz CT molecular complexity index is 999. The van der Waals surface area contributed by atoms with Gasteiger partial charge < -0.3 is 14.9 Å². The van der Waals surface area contributed by atoms with Crippen LogP contribution < -0.4 is 4.90 Å². The molecule has 1 aromatic heterocycles. The largest absolute Gasteiger partial charge is 0.378 e. The molecular formula is C25H33ClFN5O. The highest BCUT2D eigenvalue weighted by atomic mass is 35.5. The number of piperazine rings is 1. The number of hydrogen-bond donors (Lipinski definition) is 1. The van der Waals surface area contributed by atoms with Gasteiger partial charge in [0.2, 0.25) is 0 Å². The van der Waals surface area contributed by atoms with Crippen LogP contribution in [0.15, 0.2) is 24.5 Å². The average molecular weight is 474 g/mol. The highest BCUT2D eigenvalue weighted by Crippen LogP contribution is 2.38. The number of likely N-dealkylation sites (N-methyl/N-ethyl adjacent to an activating group) is 1. The summed E-state index contributed by atoms with van der Waals surface area (Å²) in [4.78, 5) is 15.9. The van der Waals surface area contributed by atoms with Crippen LogP contribution in [0.5, 0.6) is 0 Å². The Balaban J connectivity index is 1.34. The van der Waals surface area contributed by atoms with Crippen LogP contribution in [0.4, 0.5) is 10.2 Å². The molecule has 1 N–H and O–H groups in total. The first-order valence-electron chi connectivity index (χ1n) is 12.1. The van der Waals surface area contributed by atoms with Crippen molar-refractivity contribution in [3.63, 3.8) is 0 Å². The Labute approximate surface area is 200 Å². The van der Waals surface area contributed by atoms with E-state index in [4.69, 9.17) is 11.6 Å². The van der Waals surface area contributed by atoms with E-state index in [-0.39, 0.29) is 17.0 Å². The quantitative estimate of drug-likeness (QED) is 0.715. The Kier molecular flexibility index (Phi) is 6.58. The summed E-state index contributed by atoms with van der Waals surface area (Å²) >= 11 is 5.95. The highest BCUT2D eigenvalue weighted by Gasteiger charge is 2.39. The van der Waals surface area contributed by atoms with Gasteiger partial charge in [0.05, 0.1) is 5.02 Å². The third-order valence-corrected chi connectivity index (χ3v) is 8.19. The fourth-order valence-electron chi connectivity index (χ4n) is 6.00. The van der Waals surface area contributed by atoms with Gasteiger partial charge in [0.15, 0.2) is 0 Å². The minimum atomic E-state index is -0.687. The van der Waals surface area contributed by atoms with Gasteiger partial charge in [0.1, 0.15) is 24.2 Å². The third kappa shape index (κ3) is 4.36. The fraction of sp³-hybridized carbons (Fsp3) is 0.600. The van der Waals surface area contributed by atoms with Crippen molar-refractivity contribution in [2.45, 2.75) is 56.7 Å². The summed E-state index contributed by atoms with van der Waals surface area (Å²) < 4.78 is 14.3. The van der Waals surface area contributed by atoms with E-state index in [0.717, 1.165) is 69.8 Å². The smallest absolute Gasteiger partial charge is 0.142 e. The number of rotatable bonds is 5. The number of fused-ring (bicyclic) bond motifs is 1. The molecule has 5 rings (SSSR count). The fourth-order valence-corrected chi connectivity index (χ4v) is 6.12. The molecule has 3 heterocycles. The van der Waals surface area contributed by atoms with E-state index in [0.29, 0.717) is 5.92 Å². The molecule has 1 unspecified atom stereocenters. The summed E-state index contributed by atoms with van der Waals surface area (Å²) in [6.45, 7) is 6.32. The third-order valence-electron chi connectivity index (χ3n) is 7.88. The van der Waals surface area contributed by atoms with Crippen LogP contribution in [-0.2, 0) is 6.42 Å². The Hall–Kier alpha value is -1.80. The number of hydrogen-bond acceptors (Lipinski definition) is 6. The van der Waals surface area contributed by atoms with Crippen molar-refractivity contribution < 1.29 is 9.50 Å². The van der Waals surface area contributed by atoms with Gasteiger partial charge >= 0.3 is 0 Å². The van der Waals surface area contributed by atoms with Crippen LogP contribution in [0.1, 0.15) is 54.8 Å². The van der Waals surface area contributed by atoms with E-state index < -0.39 is 12.0 Å². The minimum absolute atomic E-state index is 0.118. The predicted octanol–water partition coefficient (Wildman–Crippen LogP) is 3.64. The van der Waals surface area contributed by atoms with Crippen molar-refractivity contribution in [2.75, 3.05) is 44.7 Å². The van der Waals surface area contributed by atoms with Crippen LogP contribution in [0.25, 0.3) is 0 Å². The predicted molar refractivity (Wildman–Crippen MR) is 128 cm³/mol. The molecule has 2 saturated heterocycles. The number of aromatic nitrogens is 2. The summed E-state index contributed by atoms with van der Waals surface area (Å²) in [6.07, 6.45) is 5.24. The van der Waals surface area contributed by atoms with E-state index in [1.54, 1.807) is 12.4 Å². The molecule has 2 aliphatic heterocycles. The number of halogens is 2. The molecular weight excluding hydrogens is 441 g/mol. The number of benzene rings is 1. The van der Waals surface area contributed by atoms with Gasteiger partial charge in [-0.15, -0.1) is 0 Å². The van der Waals surface area contributed by atoms with Crippen LogP contribution in [0.3, 0.4) is 0 Å². The number of likely N-dealkylation sites (tertiary alicyclic amines) is 1. The Morgan fingerprint density at radius 1 is 1.12 bits per heavy atom. The maximum absolute atomic E-state index is 14.3. The number of nitrogens with zero attached hydrogens (tertiary/aromatic N) is 5. The molecule has 0 saturated carbocycles. The van der Waals surface area contributed by atoms with E-state index >= 15 is 0 Å². The van der Waals surface area contributed by atoms with Crippen molar-refractivity contribution in [1.82, 2.24) is 19.8 Å². The molecule has 4 atom stereocenters. The average Bonchev–Trinajstić information content (AvgIpc) is 3.42. The zero-order valence-corrected chi connectivity index (χ0v) is 20.2. The normalized spacial score (nSPS) is 25.9. The first-order chi connectivity index (χ1) is 15.9. The van der Waals surface area contributed by atoms with E-state index in [9.17, 15) is 9.50 Å². The lowest BCUT2D eigenvalue weighted by molar-refractivity contribution is -0.0362. The van der Waals surface area contributed by atoms with Gasteiger partial charge in [0, 0.05) is 49.4 Å². The Morgan fingerprint density at radius 2 is 1.91 bits per heavy atom. The zero-order chi connectivity index (χ0) is 23.1. The first-order valence-corrected chi connectivity index (χ1v) is 12.5. The molecule has 1 aromatic carbocycles. The van der Waals surface area contributed by atoms with Crippen molar-refractivity contribution in [3.05, 3.63) is 52.2 Å². The molecule has 33 heavy (non-hydrogen) atoms. The van der Waals surface area contributed by atoms with Crippen LogP contribution in [-0.4, -0.2) is 76.9 Å². The standard InChI is InChI=1S/C25H33ClFN5O/c1-16-5-8-20-22(16)24(29-15-28-20)31-10-12-32(13-11-31)25(33)23(21-4-3-9-30(21)2)17-6-7-18(26)19(27)14-17/h6-7,14-16,21,23,25,33H,3-5,8-13H2,1-2H3/t16-,21+,23+,25?/m1/s1. The minimum Gasteiger partial charge on any atom is -0.378 e. The number of anilines is 1. The van der Waals surface area contributed by atoms with Crippen molar-refractivity contribution in [2.24, 2.45) is 0 Å².